The first kappa shape index (κ1) is 16.9. The number of hydrogen-bond acceptors (Lipinski definition) is 4. The highest BCUT2D eigenvalue weighted by Crippen LogP contribution is 2.20. The Labute approximate surface area is 132 Å². The van der Waals surface area contributed by atoms with Crippen LogP contribution in [0, 0.1) is 0 Å². The Kier molecular flexibility index (Phi) is 5.90. The van der Waals surface area contributed by atoms with Gasteiger partial charge in [-0.25, -0.2) is 8.42 Å². The summed E-state index contributed by atoms with van der Waals surface area (Å²) in [5.41, 5.74) is 0.670. The lowest BCUT2D eigenvalue weighted by molar-refractivity contribution is 0.224. The maximum absolute atomic E-state index is 12.4. The fourth-order valence-corrected chi connectivity index (χ4v) is 3.94. The van der Waals surface area contributed by atoms with Crippen LogP contribution in [0.3, 0.4) is 0 Å². The third kappa shape index (κ3) is 4.04. The van der Waals surface area contributed by atoms with Gasteiger partial charge in [-0.05, 0) is 43.5 Å². The normalized spacial score (nSPS) is 16.6. The minimum absolute atomic E-state index is 0.299. The molecule has 7 heteroatoms. The Bertz CT molecular complexity index is 588. The summed E-state index contributed by atoms with van der Waals surface area (Å²) in [6.07, 6.45) is 3.56. The van der Waals surface area contributed by atoms with E-state index in [-0.39, 0.29) is 0 Å². The summed E-state index contributed by atoms with van der Waals surface area (Å²) in [5, 5.41) is 10.4. The van der Waals surface area contributed by atoms with Crippen LogP contribution >= 0.6 is 0 Å². The number of benzene rings is 1. The van der Waals surface area contributed by atoms with E-state index in [2.05, 4.69) is 10.3 Å². The third-order valence-corrected chi connectivity index (χ3v) is 5.86. The summed E-state index contributed by atoms with van der Waals surface area (Å²) in [5.74, 6) is 0. The Balaban J connectivity index is 2.08. The van der Waals surface area contributed by atoms with Gasteiger partial charge in [-0.3, -0.25) is 5.01 Å². The lowest BCUT2D eigenvalue weighted by atomic mass is 10.2. The van der Waals surface area contributed by atoms with Gasteiger partial charge in [-0.2, -0.15) is 4.31 Å². The van der Waals surface area contributed by atoms with Crippen LogP contribution in [-0.2, 0) is 10.0 Å². The smallest absolute Gasteiger partial charge is 0.243 e. The maximum atomic E-state index is 12.4. The number of rotatable bonds is 6. The first-order valence-electron chi connectivity index (χ1n) is 7.84. The summed E-state index contributed by atoms with van der Waals surface area (Å²) in [7, 11) is -3.40. The van der Waals surface area contributed by atoms with Crippen molar-refractivity contribution in [3.05, 3.63) is 24.3 Å². The van der Waals surface area contributed by atoms with Gasteiger partial charge in [0.2, 0.25) is 10.0 Å². The van der Waals surface area contributed by atoms with Gasteiger partial charge >= 0.3 is 0 Å². The molecule has 0 atom stereocenters. The van der Waals surface area contributed by atoms with E-state index in [0.29, 0.717) is 23.7 Å². The van der Waals surface area contributed by atoms with Gasteiger partial charge in [0.15, 0.2) is 0 Å². The van der Waals surface area contributed by atoms with E-state index in [4.69, 9.17) is 0 Å². The van der Waals surface area contributed by atoms with Gasteiger partial charge in [0, 0.05) is 26.2 Å². The van der Waals surface area contributed by atoms with E-state index in [1.807, 2.05) is 18.9 Å². The molecule has 22 heavy (non-hydrogen) atoms. The Morgan fingerprint density at radius 2 is 1.64 bits per heavy atom. The van der Waals surface area contributed by atoms with Crippen molar-refractivity contribution in [1.29, 1.82) is 0 Å². The molecule has 0 saturated carbocycles. The van der Waals surface area contributed by atoms with Crippen molar-refractivity contribution in [2.75, 3.05) is 26.2 Å². The molecule has 0 unspecified atom stereocenters. The lowest BCUT2D eigenvalue weighted by Gasteiger charge is -2.21. The van der Waals surface area contributed by atoms with Gasteiger partial charge < -0.3 is 0 Å². The highest BCUT2D eigenvalue weighted by atomic mass is 32.2. The highest BCUT2D eigenvalue weighted by Gasteiger charge is 2.21. The van der Waals surface area contributed by atoms with Gasteiger partial charge in [-0.15, -0.1) is 5.11 Å². The molecular weight excluding hydrogens is 300 g/mol. The second kappa shape index (κ2) is 7.69. The van der Waals surface area contributed by atoms with E-state index in [1.165, 1.54) is 10.7 Å². The van der Waals surface area contributed by atoms with E-state index >= 15 is 0 Å². The largest absolute Gasteiger partial charge is 0.278 e. The number of piperidine rings is 1. The topological polar surface area (TPSA) is 65.3 Å². The van der Waals surface area contributed by atoms with E-state index in [9.17, 15) is 8.42 Å². The minimum Gasteiger partial charge on any atom is -0.278 e. The summed E-state index contributed by atoms with van der Waals surface area (Å²) in [6, 6.07) is 6.59. The number of nitrogens with zero attached hydrogens (tertiary/aromatic N) is 4. The molecule has 122 valence electrons. The van der Waals surface area contributed by atoms with Gasteiger partial charge in [0.05, 0.1) is 10.6 Å². The monoisotopic (exact) mass is 324 g/mol. The molecule has 2 rings (SSSR count). The standard InChI is InChI=1S/C15H24N4O2S/c1-3-19(4-2)22(20,21)15-10-8-14(9-11-15)16-17-18-12-6-5-7-13-18/h8-11H,3-7,12-13H2,1-2H3. The Morgan fingerprint density at radius 3 is 2.18 bits per heavy atom. The van der Waals surface area contributed by atoms with Crippen LogP contribution in [0.2, 0.25) is 0 Å². The first-order chi connectivity index (χ1) is 10.6. The van der Waals surface area contributed by atoms with Crippen molar-refractivity contribution in [3.63, 3.8) is 0 Å². The first-order valence-corrected chi connectivity index (χ1v) is 9.28. The predicted octanol–water partition coefficient (Wildman–Crippen LogP) is 3.20. The van der Waals surface area contributed by atoms with E-state index in [0.717, 1.165) is 25.9 Å². The summed E-state index contributed by atoms with van der Waals surface area (Å²) in [4.78, 5) is 0.299. The van der Waals surface area contributed by atoms with Crippen LogP contribution < -0.4 is 0 Å². The molecule has 0 aliphatic carbocycles. The second-order valence-electron chi connectivity index (χ2n) is 5.29. The molecule has 1 aliphatic heterocycles. The van der Waals surface area contributed by atoms with Crippen molar-refractivity contribution in [1.82, 2.24) is 9.31 Å². The highest BCUT2D eigenvalue weighted by molar-refractivity contribution is 7.89. The molecule has 0 amide bonds. The van der Waals surface area contributed by atoms with Crippen LogP contribution in [0.4, 0.5) is 5.69 Å². The molecule has 1 heterocycles. The molecule has 0 bridgehead atoms. The zero-order valence-electron chi connectivity index (χ0n) is 13.3. The van der Waals surface area contributed by atoms with E-state index in [1.54, 1.807) is 24.3 Å². The lowest BCUT2D eigenvalue weighted by Crippen LogP contribution is -2.30. The van der Waals surface area contributed by atoms with Crippen LogP contribution in [0.1, 0.15) is 33.1 Å². The second-order valence-corrected chi connectivity index (χ2v) is 7.22. The molecule has 0 aromatic heterocycles. The van der Waals surface area contributed by atoms with Gasteiger partial charge in [-0.1, -0.05) is 19.1 Å². The number of sulfonamides is 1. The van der Waals surface area contributed by atoms with Crippen molar-refractivity contribution in [2.45, 2.75) is 38.0 Å². The van der Waals surface area contributed by atoms with Crippen LogP contribution in [0.15, 0.2) is 39.5 Å². The van der Waals surface area contributed by atoms with Crippen LogP contribution in [0.5, 0.6) is 0 Å². The van der Waals surface area contributed by atoms with Crippen molar-refractivity contribution in [2.24, 2.45) is 10.3 Å². The zero-order chi connectivity index (χ0) is 16.0. The molecule has 1 aromatic carbocycles. The molecule has 1 aromatic rings. The molecule has 0 N–H and O–H groups in total. The molecule has 1 saturated heterocycles. The zero-order valence-corrected chi connectivity index (χ0v) is 14.1. The van der Waals surface area contributed by atoms with E-state index < -0.39 is 10.0 Å². The Morgan fingerprint density at radius 1 is 1.05 bits per heavy atom. The summed E-state index contributed by atoms with van der Waals surface area (Å²) < 4.78 is 26.2. The number of hydrogen-bond donors (Lipinski definition) is 0. The molecule has 6 nitrogen and oxygen atoms in total. The van der Waals surface area contributed by atoms with Gasteiger partial charge in [0.25, 0.3) is 0 Å². The van der Waals surface area contributed by atoms with Gasteiger partial charge in [0.1, 0.15) is 0 Å². The fraction of sp³-hybridized carbons (Fsp3) is 0.600. The summed E-state index contributed by atoms with van der Waals surface area (Å²) in [6.45, 7) is 6.49. The molecule has 0 radical (unpaired) electrons. The average molecular weight is 324 g/mol. The average Bonchev–Trinajstić information content (AvgIpc) is 2.55. The maximum Gasteiger partial charge on any atom is 0.243 e. The van der Waals surface area contributed by atoms with Crippen molar-refractivity contribution < 1.29 is 8.42 Å². The van der Waals surface area contributed by atoms with Crippen molar-refractivity contribution >= 4 is 15.7 Å². The van der Waals surface area contributed by atoms with Crippen molar-refractivity contribution in [3.8, 4) is 0 Å². The molecular formula is C15H24N4O2S. The molecule has 1 aliphatic rings. The third-order valence-electron chi connectivity index (χ3n) is 3.80. The predicted molar refractivity (Wildman–Crippen MR) is 86.5 cm³/mol. The SMILES string of the molecule is CCN(CC)S(=O)(=O)c1ccc(N=NN2CCCCC2)cc1. The summed E-state index contributed by atoms with van der Waals surface area (Å²) >= 11 is 0. The fourth-order valence-electron chi connectivity index (χ4n) is 2.48. The van der Waals surface area contributed by atoms with Crippen LogP contribution in [0.25, 0.3) is 0 Å². The molecule has 0 spiro atoms. The minimum atomic E-state index is -3.40. The Hall–Kier alpha value is -1.47. The quantitative estimate of drug-likeness (QED) is 0.755. The van der Waals surface area contributed by atoms with Crippen LogP contribution in [-0.4, -0.2) is 43.9 Å². The molecule has 1 fully saturated rings.